The molecular formula is C29H30ClN7O4. The second kappa shape index (κ2) is 11.8. The van der Waals surface area contributed by atoms with Gasteiger partial charge in [-0.1, -0.05) is 17.7 Å². The van der Waals surface area contributed by atoms with E-state index in [-0.39, 0.29) is 41.0 Å². The smallest absolute Gasteiger partial charge is 0.253 e. The van der Waals surface area contributed by atoms with Crippen LogP contribution >= 0.6 is 11.6 Å². The van der Waals surface area contributed by atoms with E-state index in [1.54, 1.807) is 35.5 Å². The summed E-state index contributed by atoms with van der Waals surface area (Å²) in [5.74, 6) is 0.902. The standard InChI is InChI=1S/C29H30ClN7O4/c30-23-7-4-18(29(40)37-11-9-36(10-12-37)24-3-1-2-8-31-24)13-21(23)26(39)22-14-32-27-25(22)28(34-17-33-27)35-19-5-6-20(15-38)41-16-19/h1-4,7-8,13-14,17,19-20,38H,5-6,9-12,15-16H2,(H2,32,33,34,35)/t19-,20+/m1/s1. The van der Waals surface area contributed by atoms with E-state index in [1.807, 2.05) is 18.2 Å². The average molecular weight is 576 g/mol. The molecule has 1 aromatic carbocycles. The number of hydrogen-bond acceptors (Lipinski definition) is 9. The molecule has 0 radical (unpaired) electrons. The van der Waals surface area contributed by atoms with Gasteiger partial charge in [-0.25, -0.2) is 15.0 Å². The first-order chi connectivity index (χ1) is 20.0. The number of pyridine rings is 1. The lowest BCUT2D eigenvalue weighted by Crippen LogP contribution is -2.49. The Kier molecular flexibility index (Phi) is 7.82. The Balaban J connectivity index is 1.21. The number of aliphatic hydroxyl groups excluding tert-OH is 1. The minimum absolute atomic E-state index is 0.00929. The number of fused-ring (bicyclic) bond motifs is 1. The highest BCUT2D eigenvalue weighted by Crippen LogP contribution is 2.30. The van der Waals surface area contributed by atoms with Crippen molar-refractivity contribution in [1.82, 2.24) is 24.8 Å². The Morgan fingerprint density at radius 3 is 2.66 bits per heavy atom. The van der Waals surface area contributed by atoms with Crippen LogP contribution < -0.4 is 10.2 Å². The maximum atomic E-state index is 13.8. The summed E-state index contributed by atoms with van der Waals surface area (Å²) >= 11 is 6.51. The van der Waals surface area contributed by atoms with Crippen LogP contribution in [0.4, 0.5) is 11.6 Å². The summed E-state index contributed by atoms with van der Waals surface area (Å²) in [6, 6.07) is 10.6. The molecule has 0 aliphatic carbocycles. The first-order valence-electron chi connectivity index (χ1n) is 13.6. The quantitative estimate of drug-likeness (QED) is 0.284. The van der Waals surface area contributed by atoms with Crippen molar-refractivity contribution in [2.45, 2.75) is 25.0 Å². The number of aromatic amines is 1. The van der Waals surface area contributed by atoms with Gasteiger partial charge in [0.15, 0.2) is 5.78 Å². The van der Waals surface area contributed by atoms with E-state index < -0.39 is 0 Å². The van der Waals surface area contributed by atoms with E-state index in [2.05, 4.69) is 30.2 Å². The second-order valence-electron chi connectivity index (χ2n) is 10.2. The minimum Gasteiger partial charge on any atom is -0.394 e. The lowest BCUT2D eigenvalue weighted by Gasteiger charge is -2.35. The molecule has 0 unspecified atom stereocenters. The number of carbonyl (C=O) groups excluding carboxylic acids is 2. The summed E-state index contributed by atoms with van der Waals surface area (Å²) in [5, 5.41) is 13.5. The number of nitrogens with one attached hydrogen (secondary N) is 2. The van der Waals surface area contributed by atoms with Crippen LogP contribution in [0, 0.1) is 0 Å². The third-order valence-electron chi connectivity index (χ3n) is 7.63. The summed E-state index contributed by atoms with van der Waals surface area (Å²) < 4.78 is 5.69. The predicted molar refractivity (Wildman–Crippen MR) is 155 cm³/mol. The number of H-pyrrole nitrogens is 1. The molecule has 1 amide bonds. The molecule has 11 nitrogen and oxygen atoms in total. The maximum Gasteiger partial charge on any atom is 0.253 e. The number of benzene rings is 1. The van der Waals surface area contributed by atoms with Crippen LogP contribution in [0.15, 0.2) is 55.1 Å². The molecule has 4 aromatic rings. The molecule has 2 fully saturated rings. The van der Waals surface area contributed by atoms with Crippen molar-refractivity contribution < 1.29 is 19.4 Å². The van der Waals surface area contributed by atoms with Gasteiger partial charge in [-0.3, -0.25) is 9.59 Å². The lowest BCUT2D eigenvalue weighted by molar-refractivity contribution is -0.0224. The molecular weight excluding hydrogens is 546 g/mol. The molecule has 0 spiro atoms. The summed E-state index contributed by atoms with van der Waals surface area (Å²) in [4.78, 5) is 47.3. The second-order valence-corrected chi connectivity index (χ2v) is 10.6. The van der Waals surface area contributed by atoms with Crippen LogP contribution in [0.1, 0.15) is 39.1 Å². The van der Waals surface area contributed by atoms with Gasteiger partial charge < -0.3 is 29.9 Å². The van der Waals surface area contributed by atoms with Crippen LogP contribution in [0.5, 0.6) is 0 Å². The molecule has 0 bridgehead atoms. The van der Waals surface area contributed by atoms with Crippen molar-refractivity contribution in [1.29, 1.82) is 0 Å². The van der Waals surface area contributed by atoms with Crippen molar-refractivity contribution in [3.63, 3.8) is 0 Å². The summed E-state index contributed by atoms with van der Waals surface area (Å²) in [6.07, 6.45) is 6.12. The number of nitrogens with zero attached hydrogens (tertiary/aromatic N) is 5. The number of ketones is 1. The maximum absolute atomic E-state index is 13.8. The summed E-state index contributed by atoms with van der Waals surface area (Å²) in [5.41, 5.74) is 1.48. The number of piperazine rings is 1. The van der Waals surface area contributed by atoms with Crippen molar-refractivity contribution in [3.8, 4) is 0 Å². The van der Waals surface area contributed by atoms with Crippen molar-refractivity contribution in [2.24, 2.45) is 0 Å². The Morgan fingerprint density at radius 2 is 1.93 bits per heavy atom. The van der Waals surface area contributed by atoms with Crippen LogP contribution in [0.2, 0.25) is 5.02 Å². The molecule has 2 saturated heterocycles. The Labute approximate surface area is 241 Å². The lowest BCUT2D eigenvalue weighted by atomic mass is 10.00. The zero-order chi connectivity index (χ0) is 28.3. The molecule has 3 N–H and O–H groups in total. The SMILES string of the molecule is O=C(c1cc(C(=O)N2CCN(c3ccccn3)CC2)ccc1Cl)c1c[nH]c2ncnc(N[C@@H]3CC[C@@H](CO)OC3)c12. The number of anilines is 2. The molecule has 5 heterocycles. The number of ether oxygens (including phenoxy) is 1. The number of carbonyl (C=O) groups is 2. The largest absolute Gasteiger partial charge is 0.394 e. The first kappa shape index (κ1) is 27.1. The third kappa shape index (κ3) is 5.61. The van der Waals surface area contributed by atoms with Gasteiger partial charge in [0, 0.05) is 49.7 Å². The van der Waals surface area contributed by atoms with Crippen LogP contribution in [0.25, 0.3) is 11.0 Å². The fourth-order valence-corrected chi connectivity index (χ4v) is 5.55. The Morgan fingerprint density at radius 1 is 1.07 bits per heavy atom. The van der Waals surface area contributed by atoms with Crippen molar-refractivity contribution >= 4 is 46.0 Å². The molecule has 2 aliphatic heterocycles. The van der Waals surface area contributed by atoms with E-state index >= 15 is 0 Å². The van der Waals surface area contributed by atoms with Gasteiger partial charge in [0.05, 0.1) is 41.3 Å². The summed E-state index contributed by atoms with van der Waals surface area (Å²) in [7, 11) is 0. The molecule has 6 rings (SSSR count). The third-order valence-corrected chi connectivity index (χ3v) is 7.96. The number of halogens is 1. The van der Waals surface area contributed by atoms with E-state index in [9.17, 15) is 14.7 Å². The number of hydrogen-bond donors (Lipinski definition) is 3. The highest BCUT2D eigenvalue weighted by molar-refractivity contribution is 6.36. The van der Waals surface area contributed by atoms with E-state index in [1.165, 1.54) is 6.33 Å². The van der Waals surface area contributed by atoms with Gasteiger partial charge in [0.25, 0.3) is 5.91 Å². The van der Waals surface area contributed by atoms with E-state index in [4.69, 9.17) is 16.3 Å². The first-order valence-corrected chi connectivity index (χ1v) is 14.0. The van der Waals surface area contributed by atoms with E-state index in [0.29, 0.717) is 60.8 Å². The van der Waals surface area contributed by atoms with Gasteiger partial charge in [0.2, 0.25) is 0 Å². The molecule has 2 atom stereocenters. The zero-order valence-electron chi connectivity index (χ0n) is 22.3. The normalized spacial score (nSPS) is 19.4. The molecule has 212 valence electrons. The zero-order valence-corrected chi connectivity index (χ0v) is 23.0. The highest BCUT2D eigenvalue weighted by Gasteiger charge is 2.27. The monoisotopic (exact) mass is 575 g/mol. The summed E-state index contributed by atoms with van der Waals surface area (Å²) in [6.45, 7) is 2.82. The Hall–Kier alpha value is -4.06. The van der Waals surface area contributed by atoms with Crippen LogP contribution in [-0.2, 0) is 4.74 Å². The molecule has 3 aromatic heterocycles. The van der Waals surface area contributed by atoms with Gasteiger partial charge in [-0.2, -0.15) is 0 Å². The number of rotatable bonds is 7. The molecule has 12 heteroatoms. The number of amides is 1. The molecule has 41 heavy (non-hydrogen) atoms. The highest BCUT2D eigenvalue weighted by atomic mass is 35.5. The topological polar surface area (TPSA) is 137 Å². The van der Waals surface area contributed by atoms with Crippen molar-refractivity contribution in [3.05, 3.63) is 76.8 Å². The van der Waals surface area contributed by atoms with Gasteiger partial charge in [-0.15, -0.1) is 0 Å². The fourth-order valence-electron chi connectivity index (χ4n) is 5.35. The van der Waals surface area contributed by atoms with Crippen LogP contribution in [0.3, 0.4) is 0 Å². The number of aromatic nitrogens is 4. The van der Waals surface area contributed by atoms with Crippen LogP contribution in [-0.4, -0.2) is 93.2 Å². The van der Waals surface area contributed by atoms with Crippen molar-refractivity contribution in [2.75, 3.05) is 49.6 Å². The van der Waals surface area contributed by atoms with Gasteiger partial charge in [0.1, 0.15) is 23.6 Å². The molecule has 0 saturated carbocycles. The van der Waals surface area contributed by atoms with E-state index in [0.717, 1.165) is 18.7 Å². The Bertz CT molecular complexity index is 1550. The fraction of sp³-hybridized carbons (Fsp3) is 0.345. The number of aliphatic hydroxyl groups is 1. The molecule has 2 aliphatic rings. The minimum atomic E-state index is -0.339. The van der Waals surface area contributed by atoms with Gasteiger partial charge in [-0.05, 0) is 43.2 Å². The predicted octanol–water partition coefficient (Wildman–Crippen LogP) is 3.15. The average Bonchev–Trinajstić information content (AvgIpc) is 3.47. The van der Waals surface area contributed by atoms with Gasteiger partial charge >= 0.3 is 0 Å².